The van der Waals surface area contributed by atoms with Gasteiger partial charge in [0.15, 0.2) is 11.9 Å². The highest BCUT2D eigenvalue weighted by atomic mass is 35.5. The number of hydrogen-bond donors (Lipinski definition) is 2. The Balaban J connectivity index is 1.41. The maximum absolute atomic E-state index is 12.7. The Bertz CT molecular complexity index is 1460. The van der Waals surface area contributed by atoms with Gasteiger partial charge in [-0.25, -0.2) is 13.4 Å². The minimum absolute atomic E-state index is 0.0153. The summed E-state index contributed by atoms with van der Waals surface area (Å²) in [4.78, 5) is 21.0. The minimum Gasteiger partial charge on any atom is -0.481 e. The molecule has 0 bridgehead atoms. The fourth-order valence-corrected chi connectivity index (χ4v) is 4.37. The molecule has 0 aliphatic heterocycles. The number of nitrogens with zero attached hydrogens (tertiary/aromatic N) is 2. The highest BCUT2D eigenvalue weighted by Gasteiger charge is 2.18. The summed E-state index contributed by atoms with van der Waals surface area (Å²) >= 11 is 5.95. The van der Waals surface area contributed by atoms with E-state index in [0.29, 0.717) is 27.5 Å². The maximum atomic E-state index is 12.7. The number of rotatable bonds is 7. The third-order valence-electron chi connectivity index (χ3n) is 4.93. The molecule has 0 aliphatic carbocycles. The van der Waals surface area contributed by atoms with Gasteiger partial charge in [-0.1, -0.05) is 23.7 Å². The largest absolute Gasteiger partial charge is 0.481 e. The van der Waals surface area contributed by atoms with Crippen LogP contribution in [0.5, 0.6) is 5.75 Å². The average molecular weight is 497 g/mol. The normalized spacial score (nSPS) is 12.2. The van der Waals surface area contributed by atoms with Gasteiger partial charge in [0, 0.05) is 10.7 Å². The molecule has 174 valence electrons. The molecule has 2 N–H and O–H groups in total. The molecule has 0 saturated heterocycles. The summed E-state index contributed by atoms with van der Waals surface area (Å²) in [6, 6.07) is 18.1. The van der Waals surface area contributed by atoms with Crippen LogP contribution < -0.4 is 14.8 Å². The van der Waals surface area contributed by atoms with Crippen LogP contribution in [0.2, 0.25) is 5.02 Å². The van der Waals surface area contributed by atoms with Gasteiger partial charge in [0.1, 0.15) is 5.75 Å². The van der Waals surface area contributed by atoms with Crippen LogP contribution in [-0.2, 0) is 14.8 Å². The number of ether oxygens (including phenoxy) is 1. The zero-order valence-corrected chi connectivity index (χ0v) is 19.9. The van der Waals surface area contributed by atoms with Gasteiger partial charge in [0.25, 0.3) is 15.9 Å². The molecular formula is C24H21ClN4O4S. The van der Waals surface area contributed by atoms with Crippen molar-refractivity contribution in [2.75, 3.05) is 10.0 Å². The van der Waals surface area contributed by atoms with Crippen molar-refractivity contribution in [3.05, 3.63) is 83.5 Å². The van der Waals surface area contributed by atoms with Gasteiger partial charge in [-0.15, -0.1) is 0 Å². The number of fused-ring (bicyclic) bond motifs is 1. The lowest BCUT2D eigenvalue weighted by Gasteiger charge is -2.16. The van der Waals surface area contributed by atoms with Gasteiger partial charge in [-0.3, -0.25) is 14.5 Å². The number of aromatic nitrogens is 2. The number of amides is 1. The average Bonchev–Trinajstić information content (AvgIpc) is 2.81. The molecule has 0 spiro atoms. The van der Waals surface area contributed by atoms with Gasteiger partial charge >= 0.3 is 0 Å². The Kier molecular flexibility index (Phi) is 6.67. The molecule has 1 aromatic heterocycles. The quantitative estimate of drug-likeness (QED) is 0.380. The summed E-state index contributed by atoms with van der Waals surface area (Å²) in [6.07, 6.45) is 0.578. The van der Waals surface area contributed by atoms with E-state index in [0.717, 1.165) is 5.56 Å². The van der Waals surface area contributed by atoms with E-state index in [4.69, 9.17) is 16.3 Å². The molecule has 1 amide bonds. The van der Waals surface area contributed by atoms with E-state index in [-0.39, 0.29) is 16.6 Å². The number of aryl methyl sites for hydroxylation is 1. The first-order valence-electron chi connectivity index (χ1n) is 10.3. The Morgan fingerprint density at radius 1 is 1.03 bits per heavy atom. The summed E-state index contributed by atoms with van der Waals surface area (Å²) in [7, 11) is -3.89. The first-order chi connectivity index (χ1) is 16.2. The first-order valence-corrected chi connectivity index (χ1v) is 12.2. The Morgan fingerprint density at radius 3 is 2.44 bits per heavy atom. The number of halogens is 1. The van der Waals surface area contributed by atoms with Crippen LogP contribution in [0.1, 0.15) is 12.5 Å². The van der Waals surface area contributed by atoms with Crippen molar-refractivity contribution in [3.63, 3.8) is 0 Å². The summed E-state index contributed by atoms with van der Waals surface area (Å²) in [5.41, 5.74) is 2.48. The lowest BCUT2D eigenvalue weighted by atomic mass is 10.2. The van der Waals surface area contributed by atoms with Crippen molar-refractivity contribution in [1.29, 1.82) is 0 Å². The van der Waals surface area contributed by atoms with E-state index in [2.05, 4.69) is 20.0 Å². The monoisotopic (exact) mass is 496 g/mol. The van der Waals surface area contributed by atoms with Gasteiger partial charge in [-0.2, -0.15) is 0 Å². The van der Waals surface area contributed by atoms with E-state index >= 15 is 0 Å². The van der Waals surface area contributed by atoms with Crippen molar-refractivity contribution < 1.29 is 17.9 Å². The number of sulfonamides is 1. The predicted molar refractivity (Wildman–Crippen MR) is 132 cm³/mol. The minimum atomic E-state index is -3.89. The third kappa shape index (κ3) is 5.44. The van der Waals surface area contributed by atoms with Gasteiger partial charge in [0.05, 0.1) is 22.1 Å². The van der Waals surface area contributed by atoms with Crippen molar-refractivity contribution in [3.8, 4) is 5.75 Å². The van der Waals surface area contributed by atoms with Gasteiger partial charge < -0.3 is 10.1 Å². The smallest absolute Gasteiger partial charge is 0.265 e. The van der Waals surface area contributed by atoms with Crippen LogP contribution in [0.3, 0.4) is 0 Å². The first kappa shape index (κ1) is 23.5. The fraction of sp³-hybridized carbons (Fsp3) is 0.125. The van der Waals surface area contributed by atoms with Gasteiger partial charge in [-0.05, 0) is 74.0 Å². The van der Waals surface area contributed by atoms with Crippen LogP contribution in [0.4, 0.5) is 11.5 Å². The third-order valence-corrected chi connectivity index (χ3v) is 6.54. The number of carbonyl (C=O) groups is 1. The molecule has 0 fully saturated rings. The van der Waals surface area contributed by atoms with E-state index in [9.17, 15) is 13.2 Å². The molecule has 1 heterocycles. The van der Waals surface area contributed by atoms with E-state index < -0.39 is 16.1 Å². The molecule has 0 aliphatic rings. The highest BCUT2D eigenvalue weighted by Crippen LogP contribution is 2.23. The van der Waals surface area contributed by atoms with Gasteiger partial charge in [0.2, 0.25) is 0 Å². The second-order valence-electron chi connectivity index (χ2n) is 7.53. The molecular weight excluding hydrogens is 476 g/mol. The molecule has 3 aromatic carbocycles. The topological polar surface area (TPSA) is 110 Å². The van der Waals surface area contributed by atoms with Crippen molar-refractivity contribution in [1.82, 2.24) is 9.97 Å². The zero-order chi connectivity index (χ0) is 24.3. The van der Waals surface area contributed by atoms with Crippen molar-refractivity contribution in [2.24, 2.45) is 0 Å². The number of hydrogen-bond acceptors (Lipinski definition) is 6. The fourth-order valence-electron chi connectivity index (χ4n) is 3.15. The number of anilines is 2. The standard InChI is InChI=1S/C24H21ClN4O4S/c1-15-13-17(25)7-12-22(15)33-16(2)24(30)27-18-8-10-19(11-9-18)34(31,32)29-23-14-26-20-5-3-4-6-21(20)28-23/h3-14,16H,1-2H3,(H,27,30)(H,28,29)/t16-/m1/s1. The second-order valence-corrected chi connectivity index (χ2v) is 9.65. The number of benzene rings is 3. The summed E-state index contributed by atoms with van der Waals surface area (Å²) < 4.78 is 33.6. The van der Waals surface area contributed by atoms with Crippen molar-refractivity contribution >= 4 is 50.1 Å². The van der Waals surface area contributed by atoms with Crippen LogP contribution in [0.25, 0.3) is 11.0 Å². The highest BCUT2D eigenvalue weighted by molar-refractivity contribution is 7.92. The number of para-hydroxylation sites is 2. The summed E-state index contributed by atoms with van der Waals surface area (Å²) in [5.74, 6) is 0.283. The Labute approximate surface area is 202 Å². The number of carbonyl (C=O) groups excluding carboxylic acids is 1. The number of nitrogens with one attached hydrogen (secondary N) is 2. The van der Waals surface area contributed by atoms with E-state index in [1.54, 1.807) is 43.3 Å². The maximum Gasteiger partial charge on any atom is 0.265 e. The molecule has 10 heteroatoms. The lowest BCUT2D eigenvalue weighted by molar-refractivity contribution is -0.122. The summed E-state index contributed by atoms with van der Waals surface area (Å²) in [6.45, 7) is 3.46. The van der Waals surface area contributed by atoms with Crippen molar-refractivity contribution in [2.45, 2.75) is 24.8 Å². The van der Waals surface area contributed by atoms with Crippen LogP contribution in [0, 0.1) is 6.92 Å². The van der Waals surface area contributed by atoms with Crippen LogP contribution in [-0.4, -0.2) is 30.4 Å². The molecule has 8 nitrogen and oxygen atoms in total. The summed E-state index contributed by atoms with van der Waals surface area (Å²) in [5, 5.41) is 3.30. The van der Waals surface area contributed by atoms with Crippen LogP contribution in [0.15, 0.2) is 77.8 Å². The van der Waals surface area contributed by atoms with E-state index in [1.807, 2.05) is 13.0 Å². The molecule has 4 rings (SSSR count). The molecule has 0 unspecified atom stereocenters. The van der Waals surface area contributed by atoms with E-state index in [1.165, 1.54) is 30.5 Å². The lowest BCUT2D eigenvalue weighted by Crippen LogP contribution is -2.30. The molecule has 0 radical (unpaired) electrons. The predicted octanol–water partition coefficient (Wildman–Crippen LogP) is 4.80. The van der Waals surface area contributed by atoms with Crippen LogP contribution >= 0.6 is 11.6 Å². The Morgan fingerprint density at radius 2 is 1.74 bits per heavy atom. The zero-order valence-electron chi connectivity index (χ0n) is 18.3. The molecule has 34 heavy (non-hydrogen) atoms. The second kappa shape index (κ2) is 9.66. The molecule has 4 aromatic rings. The molecule has 1 atom stereocenters. The SMILES string of the molecule is Cc1cc(Cl)ccc1O[C@H](C)C(=O)Nc1ccc(S(=O)(=O)Nc2cnc3ccccc3n2)cc1. The molecule has 0 saturated carbocycles. The Hall–Kier alpha value is -3.69.